The van der Waals surface area contributed by atoms with Crippen LogP contribution in [0.3, 0.4) is 0 Å². The van der Waals surface area contributed by atoms with Crippen molar-refractivity contribution in [3.63, 3.8) is 0 Å². The number of nitrogens with two attached hydrogens (primary N) is 1. The van der Waals surface area contributed by atoms with E-state index in [0.29, 0.717) is 19.1 Å². The van der Waals surface area contributed by atoms with Gasteiger partial charge in [0.05, 0.1) is 6.61 Å². The summed E-state index contributed by atoms with van der Waals surface area (Å²) in [6.07, 6.45) is 3.70. The Morgan fingerprint density at radius 1 is 1.35 bits per heavy atom. The number of carbonyl (C=O) groups excluding carboxylic acids is 1. The van der Waals surface area contributed by atoms with Gasteiger partial charge in [-0.1, -0.05) is 34.6 Å². The quantitative estimate of drug-likeness (QED) is 0.814. The van der Waals surface area contributed by atoms with Crippen LogP contribution in [0.4, 0.5) is 4.79 Å². The number of rotatable bonds is 5. The fourth-order valence-corrected chi connectivity index (χ4v) is 3.57. The molecule has 0 saturated heterocycles. The second-order valence-corrected chi connectivity index (χ2v) is 7.99. The van der Waals surface area contributed by atoms with Gasteiger partial charge in [0.1, 0.15) is 0 Å². The molecule has 20 heavy (non-hydrogen) atoms. The van der Waals surface area contributed by atoms with Crippen molar-refractivity contribution >= 4 is 6.09 Å². The summed E-state index contributed by atoms with van der Waals surface area (Å²) in [5, 5.41) is 2.91. The Bertz CT molecular complexity index is 328. The third-order valence-corrected chi connectivity index (χ3v) is 4.06. The summed E-state index contributed by atoms with van der Waals surface area (Å²) in [6, 6.07) is 0.225. The van der Waals surface area contributed by atoms with E-state index in [1.54, 1.807) is 0 Å². The number of hydrogen-bond donors (Lipinski definition) is 2. The van der Waals surface area contributed by atoms with Crippen molar-refractivity contribution in [2.24, 2.45) is 22.5 Å². The average molecular weight is 284 g/mol. The molecule has 0 aromatic carbocycles. The molecule has 0 aromatic heterocycles. The summed E-state index contributed by atoms with van der Waals surface area (Å²) in [7, 11) is 0. The van der Waals surface area contributed by atoms with Gasteiger partial charge in [-0.3, -0.25) is 0 Å². The molecule has 1 amide bonds. The van der Waals surface area contributed by atoms with Gasteiger partial charge in [-0.25, -0.2) is 4.79 Å². The molecule has 0 spiro atoms. The third-order valence-electron chi connectivity index (χ3n) is 4.06. The van der Waals surface area contributed by atoms with Gasteiger partial charge in [0.25, 0.3) is 0 Å². The van der Waals surface area contributed by atoms with Crippen LogP contribution in [0.1, 0.15) is 60.3 Å². The smallest absolute Gasteiger partial charge is 0.407 e. The van der Waals surface area contributed by atoms with Crippen LogP contribution in [0.15, 0.2) is 0 Å². The fourth-order valence-electron chi connectivity index (χ4n) is 3.57. The lowest BCUT2D eigenvalue weighted by molar-refractivity contribution is 0.0772. The van der Waals surface area contributed by atoms with Crippen molar-refractivity contribution in [1.82, 2.24) is 5.32 Å². The summed E-state index contributed by atoms with van der Waals surface area (Å²) in [5.41, 5.74) is 6.48. The van der Waals surface area contributed by atoms with Crippen LogP contribution >= 0.6 is 0 Å². The molecule has 0 aromatic rings. The van der Waals surface area contributed by atoms with Crippen molar-refractivity contribution in [1.29, 1.82) is 0 Å². The van der Waals surface area contributed by atoms with Crippen LogP contribution in [0, 0.1) is 16.7 Å². The highest BCUT2D eigenvalue weighted by molar-refractivity contribution is 5.67. The Balaban J connectivity index is 2.37. The fraction of sp³-hybridized carbons (Fsp3) is 0.938. The second kappa shape index (κ2) is 6.79. The van der Waals surface area contributed by atoms with Gasteiger partial charge in [-0.15, -0.1) is 0 Å². The van der Waals surface area contributed by atoms with E-state index < -0.39 is 0 Å². The number of amides is 1. The van der Waals surface area contributed by atoms with Crippen LogP contribution in [0.25, 0.3) is 0 Å². The Kier molecular flexibility index (Phi) is 5.87. The Labute approximate surface area is 123 Å². The van der Waals surface area contributed by atoms with E-state index in [2.05, 4.69) is 39.9 Å². The number of alkyl carbamates (subject to hydrolysis) is 1. The monoisotopic (exact) mass is 284 g/mol. The molecule has 1 rings (SSSR count). The van der Waals surface area contributed by atoms with Crippen LogP contribution < -0.4 is 11.1 Å². The lowest BCUT2D eigenvalue weighted by atomic mass is 9.63. The Morgan fingerprint density at radius 3 is 2.55 bits per heavy atom. The highest BCUT2D eigenvalue weighted by atomic mass is 16.5. The SMILES string of the molecule is CC(C)CCOC(=O)NCC1(C)CC(N)CC(C)(C)C1. The van der Waals surface area contributed by atoms with Gasteiger partial charge in [0.2, 0.25) is 0 Å². The molecule has 0 heterocycles. The zero-order valence-electron chi connectivity index (χ0n) is 13.8. The van der Waals surface area contributed by atoms with E-state index in [1.165, 1.54) is 0 Å². The molecular weight excluding hydrogens is 252 g/mol. The van der Waals surface area contributed by atoms with E-state index in [0.717, 1.165) is 25.7 Å². The van der Waals surface area contributed by atoms with Crippen LogP contribution in [0.5, 0.6) is 0 Å². The largest absolute Gasteiger partial charge is 0.450 e. The molecule has 1 fully saturated rings. The summed E-state index contributed by atoms with van der Waals surface area (Å²) >= 11 is 0. The lowest BCUT2D eigenvalue weighted by Gasteiger charge is -2.45. The Hall–Kier alpha value is -0.770. The second-order valence-electron chi connectivity index (χ2n) is 7.99. The minimum atomic E-state index is -0.302. The van der Waals surface area contributed by atoms with Crippen LogP contribution in [0.2, 0.25) is 0 Å². The number of ether oxygens (including phenoxy) is 1. The number of nitrogens with one attached hydrogen (secondary N) is 1. The summed E-state index contributed by atoms with van der Waals surface area (Å²) < 4.78 is 5.19. The molecule has 4 nitrogen and oxygen atoms in total. The molecule has 0 bridgehead atoms. The van der Waals surface area contributed by atoms with Gasteiger partial charge in [0, 0.05) is 12.6 Å². The van der Waals surface area contributed by atoms with E-state index >= 15 is 0 Å². The average Bonchev–Trinajstić information content (AvgIpc) is 2.22. The first kappa shape index (κ1) is 17.3. The predicted molar refractivity (Wildman–Crippen MR) is 82.5 cm³/mol. The van der Waals surface area contributed by atoms with Crippen molar-refractivity contribution < 1.29 is 9.53 Å². The molecule has 0 radical (unpaired) electrons. The van der Waals surface area contributed by atoms with Gasteiger partial charge in [-0.2, -0.15) is 0 Å². The molecular formula is C16H32N2O2. The Morgan fingerprint density at radius 2 is 2.00 bits per heavy atom. The summed E-state index contributed by atoms with van der Waals surface area (Å²) in [4.78, 5) is 11.7. The van der Waals surface area contributed by atoms with Gasteiger partial charge in [0.15, 0.2) is 0 Å². The van der Waals surface area contributed by atoms with E-state index in [1.807, 2.05) is 0 Å². The lowest BCUT2D eigenvalue weighted by Crippen LogP contribution is -2.47. The molecule has 0 aliphatic heterocycles. The van der Waals surface area contributed by atoms with Gasteiger partial charge in [-0.05, 0) is 42.4 Å². The molecule has 4 heteroatoms. The molecule has 118 valence electrons. The van der Waals surface area contributed by atoms with Crippen LogP contribution in [-0.4, -0.2) is 25.3 Å². The highest BCUT2D eigenvalue weighted by Gasteiger charge is 2.40. The molecule has 3 N–H and O–H groups in total. The normalized spacial score (nSPS) is 29.2. The topological polar surface area (TPSA) is 64.3 Å². The van der Waals surface area contributed by atoms with Gasteiger partial charge >= 0.3 is 6.09 Å². The number of hydrogen-bond acceptors (Lipinski definition) is 3. The van der Waals surface area contributed by atoms with E-state index in [9.17, 15) is 4.79 Å². The molecule has 1 aliphatic rings. The predicted octanol–water partition coefficient (Wildman–Crippen LogP) is 3.30. The van der Waals surface area contributed by atoms with Crippen molar-refractivity contribution in [2.75, 3.05) is 13.2 Å². The zero-order chi connectivity index (χ0) is 15.4. The molecule has 1 saturated carbocycles. The zero-order valence-corrected chi connectivity index (χ0v) is 13.8. The number of carbonyl (C=O) groups is 1. The first-order chi connectivity index (χ1) is 9.12. The standard InChI is InChI=1S/C16H32N2O2/c1-12(2)6-7-20-14(19)18-11-16(5)9-13(17)8-15(3,4)10-16/h12-13H,6-11,17H2,1-5H3,(H,18,19). The van der Waals surface area contributed by atoms with E-state index in [4.69, 9.17) is 10.5 Å². The minimum absolute atomic E-state index is 0.0677. The third kappa shape index (κ3) is 6.12. The first-order valence-electron chi connectivity index (χ1n) is 7.78. The first-order valence-corrected chi connectivity index (χ1v) is 7.78. The minimum Gasteiger partial charge on any atom is -0.450 e. The summed E-state index contributed by atoms with van der Waals surface area (Å²) in [5.74, 6) is 0.553. The van der Waals surface area contributed by atoms with Crippen molar-refractivity contribution in [3.8, 4) is 0 Å². The van der Waals surface area contributed by atoms with E-state index in [-0.39, 0.29) is 23.0 Å². The highest BCUT2D eigenvalue weighted by Crippen LogP contribution is 2.45. The maximum atomic E-state index is 11.7. The maximum Gasteiger partial charge on any atom is 0.407 e. The van der Waals surface area contributed by atoms with Crippen molar-refractivity contribution in [2.45, 2.75) is 66.3 Å². The van der Waals surface area contributed by atoms with Gasteiger partial charge < -0.3 is 15.8 Å². The maximum absolute atomic E-state index is 11.7. The van der Waals surface area contributed by atoms with Crippen LogP contribution in [-0.2, 0) is 4.74 Å². The summed E-state index contributed by atoms with van der Waals surface area (Å²) in [6.45, 7) is 12.1. The van der Waals surface area contributed by atoms with Crippen molar-refractivity contribution in [3.05, 3.63) is 0 Å². The molecule has 1 aliphatic carbocycles. The molecule has 2 unspecified atom stereocenters. The molecule has 2 atom stereocenters.